The summed E-state index contributed by atoms with van der Waals surface area (Å²) in [5.41, 5.74) is 20.9. The monoisotopic (exact) mass is 683 g/mol. The second kappa shape index (κ2) is 12.0. The summed E-state index contributed by atoms with van der Waals surface area (Å²) < 4.78 is 8.69. The summed E-state index contributed by atoms with van der Waals surface area (Å²) in [5, 5.41) is 4.70. The van der Waals surface area contributed by atoms with E-state index in [0.29, 0.717) is 0 Å². The lowest BCUT2D eigenvalue weighted by molar-refractivity contribution is 0.661. The van der Waals surface area contributed by atoms with E-state index in [1.165, 1.54) is 33.0 Å². The lowest BCUT2D eigenvalue weighted by Crippen LogP contribution is -2.15. The van der Waals surface area contributed by atoms with E-state index in [1.807, 2.05) is 54.9 Å². The molecule has 1 unspecified atom stereocenters. The minimum atomic E-state index is -0.299. The highest BCUT2D eigenvalue weighted by Crippen LogP contribution is 2.52. The predicted molar refractivity (Wildman–Crippen MR) is 221 cm³/mol. The zero-order chi connectivity index (χ0) is 35.7. The normalized spacial score (nSPS) is 14.4. The highest BCUT2D eigenvalue weighted by molar-refractivity contribution is 6.14. The molecule has 0 amide bonds. The van der Waals surface area contributed by atoms with Crippen molar-refractivity contribution in [2.24, 2.45) is 10.7 Å². The number of benzene rings is 7. The summed E-state index contributed by atoms with van der Waals surface area (Å²) in [6.07, 6.45) is 4.01. The molecule has 0 radical (unpaired) electrons. The number of nitrogens with zero attached hydrogens (tertiary/aromatic N) is 2. The van der Waals surface area contributed by atoms with Gasteiger partial charge in [0.05, 0.1) is 22.8 Å². The van der Waals surface area contributed by atoms with Gasteiger partial charge in [-0.1, -0.05) is 141 Å². The van der Waals surface area contributed by atoms with Crippen molar-refractivity contribution in [3.8, 4) is 22.3 Å². The van der Waals surface area contributed by atoms with Crippen molar-refractivity contribution >= 4 is 55.8 Å². The van der Waals surface area contributed by atoms with Crippen LogP contribution in [0.15, 0.2) is 173 Å². The van der Waals surface area contributed by atoms with E-state index >= 15 is 0 Å². The minimum absolute atomic E-state index is 0.204. The molecular weight excluding hydrogens is 647 g/mol. The molecule has 7 aromatic carbocycles. The van der Waals surface area contributed by atoms with Crippen LogP contribution in [0.2, 0.25) is 0 Å². The van der Waals surface area contributed by atoms with Crippen LogP contribution >= 0.6 is 0 Å². The van der Waals surface area contributed by atoms with Crippen LogP contribution in [-0.4, -0.2) is 10.9 Å². The predicted octanol–water partition coefficient (Wildman–Crippen LogP) is 12.3. The third kappa shape index (κ3) is 4.98. The Morgan fingerprint density at radius 2 is 1.32 bits per heavy atom. The Balaban J connectivity index is 1.12. The first-order chi connectivity index (χ1) is 26.0. The van der Waals surface area contributed by atoms with Crippen molar-refractivity contribution in [3.63, 3.8) is 0 Å². The van der Waals surface area contributed by atoms with Gasteiger partial charge >= 0.3 is 0 Å². The summed E-state index contributed by atoms with van der Waals surface area (Å²) in [6.45, 7) is 4.70. The van der Waals surface area contributed by atoms with Crippen LogP contribution in [0, 0.1) is 0 Å². The second-order valence-electron chi connectivity index (χ2n) is 14.6. The Morgan fingerprint density at radius 3 is 2.15 bits per heavy atom. The summed E-state index contributed by atoms with van der Waals surface area (Å²) in [5.74, 6) is 0. The van der Waals surface area contributed by atoms with Crippen molar-refractivity contribution in [1.29, 1.82) is 0 Å². The summed E-state index contributed by atoms with van der Waals surface area (Å²) in [7, 11) is 0. The van der Waals surface area contributed by atoms with Gasteiger partial charge in [0.25, 0.3) is 0 Å². The number of rotatable bonds is 6. The Kier molecular flexibility index (Phi) is 7.11. The van der Waals surface area contributed by atoms with Crippen molar-refractivity contribution in [2.75, 3.05) is 0 Å². The molecule has 4 nitrogen and oxygen atoms in total. The standard InChI is InChI=1S/C49H37N3O/c1-49(2)41-26-33(34-20-13-21-38-37-19-10-12-23-47(37)53-48(34)38)24-25-35(41)39-28-46-40(27-42(39)49)36-18-9-11-22-45(36)52(46)30-51-44(32-16-7-4-8-17-32)29-43(50)31-14-5-3-6-15-31/h3-30,43H,50H2,1-2H3/b44-29-,51-30+. The number of furan rings is 1. The quantitative estimate of drug-likeness (QED) is 0.140. The van der Waals surface area contributed by atoms with Gasteiger partial charge < -0.3 is 10.2 Å². The van der Waals surface area contributed by atoms with Crippen molar-refractivity contribution in [2.45, 2.75) is 25.3 Å². The molecule has 0 fully saturated rings. The molecule has 0 saturated heterocycles. The van der Waals surface area contributed by atoms with E-state index in [-0.39, 0.29) is 11.5 Å². The lowest BCUT2D eigenvalue weighted by atomic mass is 9.81. The SMILES string of the molecule is CC1(C)c2cc(-c3cccc4c3oc3ccccc34)ccc2-c2cc3c(cc21)c1ccccc1n3/C=N/C(=C\C(N)c1ccccc1)c1ccccc1. The number of aliphatic imine (C=N–C) groups is 1. The first-order valence-electron chi connectivity index (χ1n) is 18.2. The number of hydrogen-bond acceptors (Lipinski definition) is 3. The van der Waals surface area contributed by atoms with Crippen LogP contribution in [0.25, 0.3) is 71.7 Å². The van der Waals surface area contributed by atoms with Crippen LogP contribution in [0.5, 0.6) is 0 Å². The van der Waals surface area contributed by atoms with Crippen molar-refractivity contribution in [3.05, 3.63) is 186 Å². The van der Waals surface area contributed by atoms with Gasteiger partial charge in [-0.15, -0.1) is 0 Å². The van der Waals surface area contributed by atoms with Gasteiger partial charge in [0.15, 0.2) is 0 Å². The maximum absolute atomic E-state index is 6.73. The third-order valence-corrected chi connectivity index (χ3v) is 11.1. The third-order valence-electron chi connectivity index (χ3n) is 11.1. The number of hydrogen-bond donors (Lipinski definition) is 1. The fourth-order valence-electron chi connectivity index (χ4n) is 8.38. The fourth-order valence-corrected chi connectivity index (χ4v) is 8.38. The van der Waals surface area contributed by atoms with Crippen LogP contribution in [0.1, 0.15) is 42.1 Å². The Morgan fingerprint density at radius 1 is 0.623 bits per heavy atom. The van der Waals surface area contributed by atoms with E-state index in [0.717, 1.165) is 60.9 Å². The maximum atomic E-state index is 6.73. The molecule has 9 aromatic rings. The van der Waals surface area contributed by atoms with Gasteiger partial charge in [0.1, 0.15) is 17.5 Å². The molecule has 2 N–H and O–H groups in total. The average molecular weight is 684 g/mol. The molecule has 0 aliphatic heterocycles. The maximum Gasteiger partial charge on any atom is 0.143 e. The highest BCUT2D eigenvalue weighted by Gasteiger charge is 2.36. The summed E-state index contributed by atoms with van der Waals surface area (Å²) >= 11 is 0. The lowest BCUT2D eigenvalue weighted by Gasteiger charge is -2.22. The molecule has 53 heavy (non-hydrogen) atoms. The zero-order valence-electron chi connectivity index (χ0n) is 29.6. The molecule has 0 saturated carbocycles. The largest absolute Gasteiger partial charge is 0.455 e. The number of fused-ring (bicyclic) bond motifs is 9. The summed E-state index contributed by atoms with van der Waals surface area (Å²) in [4.78, 5) is 5.16. The molecule has 2 heterocycles. The van der Waals surface area contributed by atoms with Gasteiger partial charge in [-0.05, 0) is 75.4 Å². The molecule has 0 bridgehead atoms. The highest BCUT2D eigenvalue weighted by atomic mass is 16.3. The van der Waals surface area contributed by atoms with Crippen molar-refractivity contribution < 1.29 is 4.42 Å². The number of aromatic nitrogens is 1. The average Bonchev–Trinajstić information content (AvgIpc) is 3.81. The van der Waals surface area contributed by atoms with Crippen LogP contribution in [0.4, 0.5) is 0 Å². The molecule has 10 rings (SSSR count). The van der Waals surface area contributed by atoms with Gasteiger partial charge in [0, 0.05) is 32.5 Å². The number of para-hydroxylation sites is 3. The fraction of sp³-hybridized carbons (Fsp3) is 0.0816. The molecule has 1 atom stereocenters. The molecule has 1 aliphatic rings. The van der Waals surface area contributed by atoms with Gasteiger partial charge in [0.2, 0.25) is 0 Å². The molecule has 1 aliphatic carbocycles. The van der Waals surface area contributed by atoms with E-state index in [4.69, 9.17) is 15.1 Å². The van der Waals surface area contributed by atoms with Gasteiger partial charge in [-0.25, -0.2) is 4.99 Å². The smallest absolute Gasteiger partial charge is 0.143 e. The van der Waals surface area contributed by atoms with Crippen LogP contribution in [-0.2, 0) is 5.41 Å². The first-order valence-corrected chi connectivity index (χ1v) is 18.2. The summed E-state index contributed by atoms with van der Waals surface area (Å²) in [6, 6.07) is 55.2. The first kappa shape index (κ1) is 31.3. The Hall–Kier alpha value is -6.49. The number of nitrogens with two attached hydrogens (primary N) is 1. The Labute approximate surface area is 308 Å². The second-order valence-corrected chi connectivity index (χ2v) is 14.6. The van der Waals surface area contributed by atoms with Crippen LogP contribution < -0.4 is 5.73 Å². The minimum Gasteiger partial charge on any atom is -0.455 e. The van der Waals surface area contributed by atoms with Crippen LogP contribution in [0.3, 0.4) is 0 Å². The molecule has 4 heteroatoms. The van der Waals surface area contributed by atoms with E-state index < -0.39 is 0 Å². The van der Waals surface area contributed by atoms with Gasteiger partial charge in [-0.2, -0.15) is 0 Å². The topological polar surface area (TPSA) is 56.5 Å². The van der Waals surface area contributed by atoms with E-state index in [9.17, 15) is 0 Å². The van der Waals surface area contributed by atoms with E-state index in [1.54, 1.807) is 0 Å². The van der Waals surface area contributed by atoms with Gasteiger partial charge in [-0.3, -0.25) is 4.57 Å². The molecular formula is C49H37N3O. The van der Waals surface area contributed by atoms with E-state index in [2.05, 4.69) is 134 Å². The Bertz CT molecular complexity index is 2930. The zero-order valence-corrected chi connectivity index (χ0v) is 29.6. The molecule has 0 spiro atoms. The molecule has 2 aromatic heterocycles. The molecule has 254 valence electrons. The van der Waals surface area contributed by atoms with Crippen molar-refractivity contribution in [1.82, 2.24) is 4.57 Å².